The van der Waals surface area contributed by atoms with Crippen molar-refractivity contribution in [3.8, 4) is 0 Å². The molecule has 1 atom stereocenters. The van der Waals surface area contributed by atoms with Gasteiger partial charge in [-0.15, -0.1) is 0 Å². The van der Waals surface area contributed by atoms with Crippen molar-refractivity contribution in [3.63, 3.8) is 0 Å². The van der Waals surface area contributed by atoms with E-state index in [9.17, 15) is 4.79 Å². The van der Waals surface area contributed by atoms with E-state index in [0.29, 0.717) is 5.82 Å². The summed E-state index contributed by atoms with van der Waals surface area (Å²) in [4.78, 5) is 16.4. The minimum Gasteiger partial charge on any atom is -0.492 e. The highest BCUT2D eigenvalue weighted by Gasteiger charge is 2.19. The Bertz CT molecular complexity index is 980. The molecule has 0 fully saturated rings. The Balaban J connectivity index is 1.37. The standard InChI is InChI=1S/C18H19N5O3/c1-22-11-19-13-8-12(5-6-15(13)22)10-26-18(24)20-17-9-14(21-23(17)2)16-4-3-7-25-16/h3,5-9,11,16H,4,10H2,1-2H3,(H,20,24). The van der Waals surface area contributed by atoms with Crippen LogP contribution < -0.4 is 5.32 Å². The Kier molecular flexibility index (Phi) is 4.08. The molecule has 3 aromatic rings. The minimum absolute atomic E-state index is 0.0992. The van der Waals surface area contributed by atoms with Gasteiger partial charge in [0.25, 0.3) is 0 Å². The van der Waals surface area contributed by atoms with Crippen LogP contribution >= 0.6 is 0 Å². The third-order valence-electron chi connectivity index (χ3n) is 4.31. The van der Waals surface area contributed by atoms with Crippen molar-refractivity contribution in [1.29, 1.82) is 0 Å². The second-order valence-corrected chi connectivity index (χ2v) is 6.19. The Morgan fingerprint density at radius 2 is 2.27 bits per heavy atom. The number of nitrogens with zero attached hydrogens (tertiary/aromatic N) is 4. The van der Waals surface area contributed by atoms with E-state index in [2.05, 4.69) is 15.4 Å². The van der Waals surface area contributed by atoms with Crippen molar-refractivity contribution in [2.75, 3.05) is 5.32 Å². The zero-order valence-corrected chi connectivity index (χ0v) is 14.5. The van der Waals surface area contributed by atoms with Gasteiger partial charge in [-0.25, -0.2) is 9.78 Å². The molecule has 8 heteroatoms. The molecule has 0 radical (unpaired) electrons. The number of hydrogen-bond acceptors (Lipinski definition) is 5. The van der Waals surface area contributed by atoms with Gasteiger partial charge in [0.2, 0.25) is 0 Å². The summed E-state index contributed by atoms with van der Waals surface area (Å²) < 4.78 is 14.3. The highest BCUT2D eigenvalue weighted by Crippen LogP contribution is 2.27. The number of fused-ring (bicyclic) bond motifs is 1. The number of benzene rings is 1. The molecular formula is C18H19N5O3. The molecule has 0 aliphatic carbocycles. The van der Waals surface area contributed by atoms with Crippen LogP contribution in [0.5, 0.6) is 0 Å². The first-order chi connectivity index (χ1) is 12.6. The summed E-state index contributed by atoms with van der Waals surface area (Å²) in [5.74, 6) is 0.556. The summed E-state index contributed by atoms with van der Waals surface area (Å²) in [6.07, 6.45) is 5.50. The lowest BCUT2D eigenvalue weighted by molar-refractivity contribution is 0.155. The van der Waals surface area contributed by atoms with E-state index in [-0.39, 0.29) is 12.7 Å². The SMILES string of the molecule is Cn1nc(C2CC=CO2)cc1NC(=O)OCc1ccc2c(c1)ncn2C. The second-order valence-electron chi connectivity index (χ2n) is 6.19. The largest absolute Gasteiger partial charge is 0.492 e. The number of anilines is 1. The van der Waals surface area contributed by atoms with Crippen molar-refractivity contribution < 1.29 is 14.3 Å². The number of ether oxygens (including phenoxy) is 2. The maximum Gasteiger partial charge on any atom is 0.413 e. The van der Waals surface area contributed by atoms with Gasteiger partial charge in [0, 0.05) is 26.6 Å². The molecular weight excluding hydrogens is 334 g/mol. The molecule has 8 nitrogen and oxygen atoms in total. The van der Waals surface area contributed by atoms with E-state index >= 15 is 0 Å². The number of aromatic nitrogens is 4. The first-order valence-corrected chi connectivity index (χ1v) is 8.28. The summed E-state index contributed by atoms with van der Waals surface area (Å²) in [5.41, 5.74) is 3.55. The molecule has 1 amide bonds. The van der Waals surface area contributed by atoms with Gasteiger partial charge in [-0.3, -0.25) is 10.00 Å². The van der Waals surface area contributed by atoms with E-state index in [0.717, 1.165) is 28.7 Å². The van der Waals surface area contributed by atoms with Crippen LogP contribution in [0.2, 0.25) is 0 Å². The number of aryl methyl sites for hydroxylation is 2. The maximum atomic E-state index is 12.1. The molecule has 1 N–H and O–H groups in total. The van der Waals surface area contributed by atoms with Gasteiger partial charge in [0.1, 0.15) is 24.2 Å². The fourth-order valence-electron chi connectivity index (χ4n) is 2.90. The van der Waals surface area contributed by atoms with Crippen LogP contribution in [0.3, 0.4) is 0 Å². The summed E-state index contributed by atoms with van der Waals surface area (Å²) in [5, 5.41) is 7.08. The Morgan fingerprint density at radius 3 is 3.08 bits per heavy atom. The fourth-order valence-corrected chi connectivity index (χ4v) is 2.90. The van der Waals surface area contributed by atoms with Gasteiger partial charge in [-0.1, -0.05) is 6.07 Å². The van der Waals surface area contributed by atoms with Gasteiger partial charge < -0.3 is 14.0 Å². The third-order valence-corrected chi connectivity index (χ3v) is 4.31. The van der Waals surface area contributed by atoms with E-state index in [1.165, 1.54) is 0 Å². The number of rotatable bonds is 4. The zero-order chi connectivity index (χ0) is 18.1. The van der Waals surface area contributed by atoms with E-state index in [4.69, 9.17) is 9.47 Å². The molecule has 134 valence electrons. The van der Waals surface area contributed by atoms with E-state index in [1.54, 1.807) is 30.4 Å². The monoisotopic (exact) mass is 353 g/mol. The summed E-state index contributed by atoms with van der Waals surface area (Å²) >= 11 is 0. The fraction of sp³-hybridized carbons (Fsp3) is 0.278. The number of imidazole rings is 1. The highest BCUT2D eigenvalue weighted by molar-refractivity contribution is 5.83. The molecule has 26 heavy (non-hydrogen) atoms. The average Bonchev–Trinajstić information content (AvgIpc) is 3.35. The van der Waals surface area contributed by atoms with Gasteiger partial charge in [0.05, 0.1) is 23.6 Å². The van der Waals surface area contributed by atoms with Crippen molar-refractivity contribution >= 4 is 22.9 Å². The Morgan fingerprint density at radius 1 is 1.38 bits per heavy atom. The predicted octanol–water partition coefficient (Wildman–Crippen LogP) is 3.03. The van der Waals surface area contributed by atoms with Crippen LogP contribution in [0, 0.1) is 0 Å². The minimum atomic E-state index is -0.536. The van der Waals surface area contributed by atoms with Crippen LogP contribution in [-0.4, -0.2) is 25.4 Å². The summed E-state index contributed by atoms with van der Waals surface area (Å²) in [6, 6.07) is 7.58. The molecule has 0 saturated heterocycles. The zero-order valence-electron chi connectivity index (χ0n) is 14.5. The molecule has 1 unspecified atom stereocenters. The second kappa shape index (κ2) is 6.55. The number of carbonyl (C=O) groups is 1. The summed E-state index contributed by atoms with van der Waals surface area (Å²) in [7, 11) is 3.70. The predicted molar refractivity (Wildman–Crippen MR) is 95.3 cm³/mol. The van der Waals surface area contributed by atoms with Crippen LogP contribution in [0.25, 0.3) is 11.0 Å². The molecule has 1 aliphatic rings. The molecule has 1 aromatic carbocycles. The lowest BCUT2D eigenvalue weighted by Crippen LogP contribution is -2.15. The Labute approximate surface area is 150 Å². The summed E-state index contributed by atoms with van der Waals surface area (Å²) in [6.45, 7) is 0.165. The number of carbonyl (C=O) groups excluding carboxylic acids is 1. The lowest BCUT2D eigenvalue weighted by Gasteiger charge is -2.07. The van der Waals surface area contributed by atoms with Crippen molar-refractivity contribution in [2.45, 2.75) is 19.1 Å². The third kappa shape index (κ3) is 3.13. The molecule has 0 saturated carbocycles. The Hall–Kier alpha value is -3.29. The molecule has 0 spiro atoms. The number of nitrogens with one attached hydrogen (secondary N) is 1. The average molecular weight is 353 g/mol. The normalized spacial score (nSPS) is 16.0. The molecule has 4 rings (SSSR count). The van der Waals surface area contributed by atoms with Crippen molar-refractivity contribution in [2.24, 2.45) is 14.1 Å². The van der Waals surface area contributed by atoms with Gasteiger partial charge in [-0.2, -0.15) is 5.10 Å². The first kappa shape index (κ1) is 16.2. The van der Waals surface area contributed by atoms with Gasteiger partial charge >= 0.3 is 6.09 Å². The molecule has 1 aliphatic heterocycles. The van der Waals surface area contributed by atoms with E-state index in [1.807, 2.05) is 35.9 Å². The number of hydrogen-bond donors (Lipinski definition) is 1. The first-order valence-electron chi connectivity index (χ1n) is 8.28. The molecule has 3 heterocycles. The van der Waals surface area contributed by atoms with Crippen LogP contribution in [0.4, 0.5) is 10.6 Å². The van der Waals surface area contributed by atoms with E-state index < -0.39 is 6.09 Å². The van der Waals surface area contributed by atoms with Gasteiger partial charge in [-0.05, 0) is 23.8 Å². The topological polar surface area (TPSA) is 83.2 Å². The number of amides is 1. The molecule has 0 bridgehead atoms. The van der Waals surface area contributed by atoms with Crippen LogP contribution in [0.1, 0.15) is 23.8 Å². The highest BCUT2D eigenvalue weighted by atomic mass is 16.5. The lowest BCUT2D eigenvalue weighted by atomic mass is 10.2. The van der Waals surface area contributed by atoms with Crippen molar-refractivity contribution in [1.82, 2.24) is 19.3 Å². The van der Waals surface area contributed by atoms with Crippen molar-refractivity contribution in [3.05, 3.63) is 54.2 Å². The van der Waals surface area contributed by atoms with Gasteiger partial charge in [0.15, 0.2) is 0 Å². The smallest absolute Gasteiger partial charge is 0.413 e. The quantitative estimate of drug-likeness (QED) is 0.779. The van der Waals surface area contributed by atoms with Crippen LogP contribution in [-0.2, 0) is 30.2 Å². The maximum absolute atomic E-state index is 12.1. The molecule has 2 aromatic heterocycles. The van der Waals surface area contributed by atoms with Crippen LogP contribution in [0.15, 0.2) is 42.9 Å².